The summed E-state index contributed by atoms with van der Waals surface area (Å²) in [5.41, 5.74) is 0.794. The van der Waals surface area contributed by atoms with Crippen molar-refractivity contribution in [3.63, 3.8) is 0 Å². The molecular formula is C19H16BrNO5S. The fraction of sp³-hybridized carbons (Fsp3) is 0.211. The number of imide groups is 1. The Kier molecular flexibility index (Phi) is 6.18. The molecule has 0 atom stereocenters. The van der Waals surface area contributed by atoms with Crippen LogP contribution < -0.4 is 10.1 Å². The monoisotopic (exact) mass is 449 g/mol. The molecule has 0 radical (unpaired) electrons. The first-order valence-electron chi connectivity index (χ1n) is 8.26. The van der Waals surface area contributed by atoms with Gasteiger partial charge in [-0.3, -0.25) is 19.7 Å². The number of unbranched alkanes of at least 4 members (excludes halogenated alkanes) is 1. The number of carbonyl (C=O) groups excluding carboxylic acids is 2. The first kappa shape index (κ1) is 19.4. The zero-order valence-corrected chi connectivity index (χ0v) is 16.6. The Morgan fingerprint density at radius 3 is 2.63 bits per heavy atom. The molecule has 0 unspecified atom stereocenters. The van der Waals surface area contributed by atoms with Crippen molar-refractivity contribution in [2.75, 3.05) is 6.61 Å². The maximum atomic E-state index is 11.8. The van der Waals surface area contributed by atoms with Gasteiger partial charge in [-0.05, 0) is 63.6 Å². The van der Waals surface area contributed by atoms with Gasteiger partial charge >= 0.3 is 5.97 Å². The van der Waals surface area contributed by atoms with Gasteiger partial charge in [0.2, 0.25) is 0 Å². The number of hydrogen-bond acceptors (Lipinski definition) is 5. The smallest absolute Gasteiger partial charge is 0.303 e. The Morgan fingerprint density at radius 1 is 1.22 bits per heavy atom. The summed E-state index contributed by atoms with van der Waals surface area (Å²) >= 11 is 4.39. The van der Waals surface area contributed by atoms with Gasteiger partial charge in [0.05, 0.1) is 16.0 Å². The number of ether oxygens (including phenoxy) is 1. The van der Waals surface area contributed by atoms with Crippen LogP contribution in [0.15, 0.2) is 39.7 Å². The third-order valence-electron chi connectivity index (χ3n) is 3.94. The first-order chi connectivity index (χ1) is 13.0. The minimum Gasteiger partial charge on any atom is -0.492 e. The number of carboxylic acid groups (broad SMARTS) is 1. The number of carbonyl (C=O) groups is 3. The molecule has 1 heterocycles. The molecule has 1 aliphatic rings. The number of hydrogen-bond donors (Lipinski definition) is 2. The number of halogens is 1. The van der Waals surface area contributed by atoms with Crippen LogP contribution >= 0.6 is 27.7 Å². The number of fused-ring (bicyclic) bond motifs is 1. The summed E-state index contributed by atoms with van der Waals surface area (Å²) in [6.45, 7) is 0.406. The highest BCUT2D eigenvalue weighted by Gasteiger charge is 2.25. The van der Waals surface area contributed by atoms with E-state index < -0.39 is 11.9 Å². The molecule has 3 rings (SSSR count). The molecule has 8 heteroatoms. The zero-order chi connectivity index (χ0) is 19.4. The molecular weight excluding hydrogens is 434 g/mol. The third-order valence-corrected chi connectivity index (χ3v) is 5.34. The molecule has 0 aromatic heterocycles. The van der Waals surface area contributed by atoms with Crippen LogP contribution in [0.25, 0.3) is 16.8 Å². The lowest BCUT2D eigenvalue weighted by Gasteiger charge is -2.13. The molecule has 0 bridgehead atoms. The molecule has 0 saturated carbocycles. The summed E-state index contributed by atoms with van der Waals surface area (Å²) in [6, 6.07) is 9.47. The molecule has 2 amide bonds. The summed E-state index contributed by atoms with van der Waals surface area (Å²) in [5.74, 6) is -0.544. The maximum Gasteiger partial charge on any atom is 0.303 e. The van der Waals surface area contributed by atoms with Crippen molar-refractivity contribution in [1.29, 1.82) is 0 Å². The fourth-order valence-electron chi connectivity index (χ4n) is 2.72. The summed E-state index contributed by atoms with van der Waals surface area (Å²) in [5, 5.41) is 12.3. The lowest BCUT2D eigenvalue weighted by atomic mass is 10.0. The van der Waals surface area contributed by atoms with Crippen LogP contribution in [0.5, 0.6) is 5.75 Å². The second-order valence-corrected chi connectivity index (χ2v) is 7.74. The number of amides is 2. The largest absolute Gasteiger partial charge is 0.492 e. The van der Waals surface area contributed by atoms with Crippen molar-refractivity contribution in [2.24, 2.45) is 0 Å². The lowest BCUT2D eigenvalue weighted by molar-refractivity contribution is -0.137. The van der Waals surface area contributed by atoms with E-state index in [0.717, 1.165) is 32.6 Å². The highest BCUT2D eigenvalue weighted by atomic mass is 79.9. The van der Waals surface area contributed by atoms with Crippen molar-refractivity contribution < 1.29 is 24.2 Å². The van der Waals surface area contributed by atoms with Crippen molar-refractivity contribution in [1.82, 2.24) is 5.32 Å². The Bertz CT molecular complexity index is 957. The minimum atomic E-state index is -0.814. The topological polar surface area (TPSA) is 92.7 Å². The molecule has 0 spiro atoms. The molecule has 0 aliphatic carbocycles. The second kappa shape index (κ2) is 8.58. The van der Waals surface area contributed by atoms with E-state index in [9.17, 15) is 14.4 Å². The molecule has 2 aromatic carbocycles. The van der Waals surface area contributed by atoms with Crippen molar-refractivity contribution in [3.8, 4) is 5.75 Å². The number of thioether (sulfide) groups is 1. The molecule has 1 saturated heterocycles. The van der Waals surface area contributed by atoms with Gasteiger partial charge < -0.3 is 9.84 Å². The van der Waals surface area contributed by atoms with Gasteiger partial charge in [-0.15, -0.1) is 0 Å². The quantitative estimate of drug-likeness (QED) is 0.475. The van der Waals surface area contributed by atoms with E-state index >= 15 is 0 Å². The predicted molar refractivity (Wildman–Crippen MR) is 108 cm³/mol. The van der Waals surface area contributed by atoms with Gasteiger partial charge in [0.25, 0.3) is 11.1 Å². The standard InChI is InChI=1S/C19H16BrNO5S/c20-14-9-11(10-15-18(24)21-19(25)27-15)12-5-1-2-6-13(12)17(14)26-8-4-3-7-16(22)23/h1-2,5-6,9-10H,3-4,7-8H2,(H,22,23)(H,21,24,25)/b15-10+. The van der Waals surface area contributed by atoms with Crippen LogP contribution in [0.3, 0.4) is 0 Å². The summed E-state index contributed by atoms with van der Waals surface area (Å²) in [6.07, 6.45) is 3.00. The van der Waals surface area contributed by atoms with Crippen LogP contribution in [-0.2, 0) is 9.59 Å². The Labute approximate surface area is 168 Å². The lowest BCUT2D eigenvalue weighted by Crippen LogP contribution is -2.17. The molecule has 27 heavy (non-hydrogen) atoms. The van der Waals surface area contributed by atoms with E-state index in [4.69, 9.17) is 9.84 Å². The van der Waals surface area contributed by atoms with Gasteiger partial charge in [-0.2, -0.15) is 0 Å². The zero-order valence-electron chi connectivity index (χ0n) is 14.2. The van der Waals surface area contributed by atoms with Crippen LogP contribution in [0.1, 0.15) is 24.8 Å². The van der Waals surface area contributed by atoms with Gasteiger partial charge in [0.1, 0.15) is 5.75 Å². The minimum absolute atomic E-state index is 0.121. The molecule has 2 aromatic rings. The fourth-order valence-corrected chi connectivity index (χ4v) is 3.97. The van der Waals surface area contributed by atoms with Crippen molar-refractivity contribution in [2.45, 2.75) is 19.3 Å². The molecule has 1 fully saturated rings. The normalized spacial score (nSPS) is 15.4. The van der Waals surface area contributed by atoms with E-state index in [-0.39, 0.29) is 11.7 Å². The molecule has 2 N–H and O–H groups in total. The SMILES string of the molecule is O=C(O)CCCCOc1c(Br)cc(/C=C2/SC(=O)NC2=O)c2ccccc12. The maximum absolute atomic E-state index is 11.8. The van der Waals surface area contributed by atoms with Crippen molar-refractivity contribution in [3.05, 3.63) is 45.3 Å². The Hall–Kier alpha value is -2.32. The van der Waals surface area contributed by atoms with Crippen molar-refractivity contribution >= 4 is 61.7 Å². The van der Waals surface area contributed by atoms with Crippen LogP contribution in [-0.4, -0.2) is 28.8 Å². The van der Waals surface area contributed by atoms with Gasteiger partial charge in [0.15, 0.2) is 0 Å². The highest BCUT2D eigenvalue weighted by molar-refractivity contribution is 9.10. The number of carboxylic acids is 1. The Morgan fingerprint density at radius 2 is 1.96 bits per heavy atom. The van der Waals surface area contributed by atoms with E-state index in [1.54, 1.807) is 6.08 Å². The third kappa shape index (κ3) is 4.70. The van der Waals surface area contributed by atoms with Crippen LogP contribution in [0, 0.1) is 0 Å². The summed E-state index contributed by atoms with van der Waals surface area (Å²) in [7, 11) is 0. The summed E-state index contributed by atoms with van der Waals surface area (Å²) in [4.78, 5) is 34.1. The number of nitrogens with one attached hydrogen (secondary N) is 1. The van der Waals surface area contributed by atoms with E-state index in [1.165, 1.54) is 0 Å². The van der Waals surface area contributed by atoms with E-state index in [1.807, 2.05) is 30.3 Å². The molecule has 140 valence electrons. The summed E-state index contributed by atoms with van der Waals surface area (Å²) < 4.78 is 6.62. The van der Waals surface area contributed by atoms with Crippen LogP contribution in [0.2, 0.25) is 0 Å². The first-order valence-corrected chi connectivity index (χ1v) is 9.87. The number of benzene rings is 2. The number of aliphatic carboxylic acids is 1. The van der Waals surface area contributed by atoms with E-state index in [2.05, 4.69) is 21.2 Å². The molecule has 6 nitrogen and oxygen atoms in total. The second-order valence-electron chi connectivity index (χ2n) is 5.87. The Balaban J connectivity index is 1.88. The van der Waals surface area contributed by atoms with Gasteiger partial charge in [-0.25, -0.2) is 0 Å². The molecule has 1 aliphatic heterocycles. The highest BCUT2D eigenvalue weighted by Crippen LogP contribution is 2.38. The predicted octanol–water partition coefficient (Wildman–Crippen LogP) is 4.56. The van der Waals surface area contributed by atoms with Crippen LogP contribution in [0.4, 0.5) is 4.79 Å². The average molecular weight is 450 g/mol. The average Bonchev–Trinajstić information content (AvgIpc) is 2.94. The van der Waals surface area contributed by atoms with Gasteiger partial charge in [0, 0.05) is 11.8 Å². The number of rotatable bonds is 7. The van der Waals surface area contributed by atoms with Gasteiger partial charge in [-0.1, -0.05) is 24.3 Å². The van der Waals surface area contributed by atoms with E-state index in [0.29, 0.717) is 30.1 Å².